The summed E-state index contributed by atoms with van der Waals surface area (Å²) in [5, 5.41) is 3.09. The highest BCUT2D eigenvalue weighted by molar-refractivity contribution is 8.01. The van der Waals surface area contributed by atoms with E-state index in [-0.39, 0.29) is 28.0 Å². The smallest absolute Gasteiger partial charge is 0.256 e. The Bertz CT molecular complexity index is 896. The van der Waals surface area contributed by atoms with Crippen LogP contribution in [0.5, 0.6) is 0 Å². The van der Waals surface area contributed by atoms with Gasteiger partial charge in [-0.05, 0) is 50.8 Å². The Morgan fingerprint density at radius 2 is 1.82 bits per heavy atom. The van der Waals surface area contributed by atoms with Crippen LogP contribution >= 0.6 is 11.8 Å². The van der Waals surface area contributed by atoms with Crippen molar-refractivity contribution in [1.82, 2.24) is 10.2 Å². The van der Waals surface area contributed by atoms with E-state index in [1.54, 1.807) is 16.7 Å². The minimum absolute atomic E-state index is 0.0317. The summed E-state index contributed by atoms with van der Waals surface area (Å²) in [6.45, 7) is 6.16. The third-order valence-corrected chi connectivity index (χ3v) is 7.18. The fourth-order valence-electron chi connectivity index (χ4n) is 4.23. The first kappa shape index (κ1) is 19.1. The molecule has 0 aliphatic carbocycles. The van der Waals surface area contributed by atoms with Crippen LogP contribution in [0.4, 0.5) is 0 Å². The van der Waals surface area contributed by atoms with Crippen molar-refractivity contribution in [1.29, 1.82) is 0 Å². The van der Waals surface area contributed by atoms with Gasteiger partial charge in [0.25, 0.3) is 5.91 Å². The van der Waals surface area contributed by atoms with Gasteiger partial charge in [-0.1, -0.05) is 48.5 Å². The molecule has 3 atom stereocenters. The van der Waals surface area contributed by atoms with Crippen LogP contribution in [0, 0.1) is 0 Å². The van der Waals surface area contributed by atoms with Crippen molar-refractivity contribution in [2.45, 2.75) is 55.8 Å². The Morgan fingerprint density at radius 1 is 1.14 bits per heavy atom. The Balaban J connectivity index is 1.47. The zero-order valence-corrected chi connectivity index (χ0v) is 17.3. The first-order chi connectivity index (χ1) is 13.4. The molecule has 2 amide bonds. The molecule has 0 unspecified atom stereocenters. The number of hydrogen-bond donors (Lipinski definition) is 1. The van der Waals surface area contributed by atoms with Crippen LogP contribution in [0.1, 0.15) is 54.1 Å². The molecule has 0 aromatic heterocycles. The summed E-state index contributed by atoms with van der Waals surface area (Å²) in [7, 11) is 0. The quantitative estimate of drug-likeness (QED) is 0.828. The molecular weight excluding hydrogens is 368 g/mol. The second-order valence-corrected chi connectivity index (χ2v) is 9.94. The van der Waals surface area contributed by atoms with Gasteiger partial charge < -0.3 is 10.2 Å². The molecule has 2 aliphatic rings. The summed E-state index contributed by atoms with van der Waals surface area (Å²) in [5.41, 5.74) is 3.02. The van der Waals surface area contributed by atoms with Crippen LogP contribution in [0.15, 0.2) is 54.6 Å². The molecule has 0 spiro atoms. The van der Waals surface area contributed by atoms with Crippen LogP contribution in [0.25, 0.3) is 0 Å². The van der Waals surface area contributed by atoms with Gasteiger partial charge in [-0.3, -0.25) is 9.59 Å². The zero-order chi connectivity index (χ0) is 19.9. The summed E-state index contributed by atoms with van der Waals surface area (Å²) < 4.78 is -0.336. The Hall–Kier alpha value is -2.27. The maximum atomic E-state index is 13.2. The standard InChI is InChI=1S/C23H26N2O2S/c1-15(13-14-16-9-5-4-6-10-16)24-20(26)19-23(2,3)28-22-18-12-8-7-11-17(18)21(27)25(19)22/h4-12,15,19,22H,13-14H2,1-3H3,(H,24,26)/t15-,19+,22-/m1/s1. The number of amides is 2. The first-order valence-electron chi connectivity index (χ1n) is 9.82. The second-order valence-electron chi connectivity index (χ2n) is 8.21. The van der Waals surface area contributed by atoms with Crippen molar-refractivity contribution in [3.63, 3.8) is 0 Å². The minimum Gasteiger partial charge on any atom is -0.352 e. The summed E-state index contributed by atoms with van der Waals surface area (Å²) in [6, 6.07) is 17.6. The van der Waals surface area contributed by atoms with Crippen LogP contribution in [-0.2, 0) is 11.2 Å². The summed E-state index contributed by atoms with van der Waals surface area (Å²) >= 11 is 1.70. The summed E-state index contributed by atoms with van der Waals surface area (Å²) in [5.74, 6) is -0.0857. The van der Waals surface area contributed by atoms with Gasteiger partial charge in [0.2, 0.25) is 5.91 Å². The molecule has 146 valence electrons. The number of carbonyl (C=O) groups excluding carboxylic acids is 2. The number of benzene rings is 2. The third kappa shape index (κ3) is 3.32. The van der Waals surface area contributed by atoms with Crippen LogP contribution in [-0.4, -0.2) is 33.5 Å². The Morgan fingerprint density at radius 3 is 2.57 bits per heavy atom. The third-order valence-electron chi connectivity index (χ3n) is 5.64. The van der Waals surface area contributed by atoms with E-state index >= 15 is 0 Å². The van der Waals surface area contributed by atoms with Crippen molar-refractivity contribution in [2.24, 2.45) is 0 Å². The number of aryl methyl sites for hydroxylation is 1. The molecule has 0 saturated carbocycles. The SMILES string of the molecule is C[C@H](CCc1ccccc1)NC(=O)[C@@H]1N2C(=O)c3ccccc3[C@H]2SC1(C)C. The molecule has 5 heteroatoms. The second kappa shape index (κ2) is 7.28. The van der Waals surface area contributed by atoms with Crippen LogP contribution < -0.4 is 5.32 Å². The van der Waals surface area contributed by atoms with Gasteiger partial charge in [-0.2, -0.15) is 0 Å². The van der Waals surface area contributed by atoms with E-state index < -0.39 is 6.04 Å². The lowest BCUT2D eigenvalue weighted by Crippen LogP contribution is -2.54. The summed E-state index contributed by atoms with van der Waals surface area (Å²) in [4.78, 5) is 28.0. The Kier molecular flexibility index (Phi) is 4.96. The van der Waals surface area contributed by atoms with E-state index in [4.69, 9.17) is 0 Å². The fourth-order valence-corrected chi connectivity index (χ4v) is 5.81. The lowest BCUT2D eigenvalue weighted by molar-refractivity contribution is -0.126. The number of thioether (sulfide) groups is 1. The molecule has 2 aromatic carbocycles. The van der Waals surface area contributed by atoms with Gasteiger partial charge in [0.05, 0.1) is 0 Å². The first-order valence-corrected chi connectivity index (χ1v) is 10.7. The Labute approximate surface area is 170 Å². The molecule has 2 aliphatic heterocycles. The maximum Gasteiger partial charge on any atom is 0.256 e. The minimum atomic E-state index is -0.471. The van der Waals surface area contributed by atoms with E-state index in [0.717, 1.165) is 24.0 Å². The highest BCUT2D eigenvalue weighted by Crippen LogP contribution is 2.56. The molecule has 1 N–H and O–H groups in total. The average Bonchev–Trinajstić information content (AvgIpc) is 3.11. The topological polar surface area (TPSA) is 49.4 Å². The molecule has 1 fully saturated rings. The van der Waals surface area contributed by atoms with Crippen LogP contribution in [0.2, 0.25) is 0 Å². The molecule has 0 radical (unpaired) electrons. The molecule has 2 heterocycles. The molecule has 4 rings (SSSR count). The molecule has 0 bridgehead atoms. The lowest BCUT2D eigenvalue weighted by atomic mass is 9.99. The fraction of sp³-hybridized carbons (Fsp3) is 0.391. The zero-order valence-electron chi connectivity index (χ0n) is 16.5. The van der Waals surface area contributed by atoms with Crippen molar-refractivity contribution in [3.8, 4) is 0 Å². The maximum absolute atomic E-state index is 13.2. The van der Waals surface area contributed by atoms with Crippen LogP contribution in [0.3, 0.4) is 0 Å². The van der Waals surface area contributed by atoms with Gasteiger partial charge in [-0.15, -0.1) is 11.8 Å². The molecule has 1 saturated heterocycles. The van der Waals surface area contributed by atoms with E-state index in [1.165, 1.54) is 5.56 Å². The van der Waals surface area contributed by atoms with Crippen molar-refractivity contribution in [3.05, 3.63) is 71.3 Å². The van der Waals surface area contributed by atoms with Gasteiger partial charge >= 0.3 is 0 Å². The van der Waals surface area contributed by atoms with E-state index in [0.29, 0.717) is 0 Å². The number of hydrogen-bond acceptors (Lipinski definition) is 3. The molecule has 2 aromatic rings. The number of fused-ring (bicyclic) bond motifs is 3. The number of nitrogens with zero attached hydrogens (tertiary/aromatic N) is 1. The molecule has 28 heavy (non-hydrogen) atoms. The normalized spacial score (nSPS) is 23.2. The predicted molar refractivity (Wildman–Crippen MR) is 113 cm³/mol. The average molecular weight is 395 g/mol. The van der Waals surface area contributed by atoms with Gasteiger partial charge in [0.1, 0.15) is 11.4 Å². The largest absolute Gasteiger partial charge is 0.352 e. The van der Waals surface area contributed by atoms with E-state index in [1.807, 2.05) is 49.4 Å². The number of nitrogens with one attached hydrogen (secondary N) is 1. The van der Waals surface area contributed by atoms with Gasteiger partial charge in [-0.25, -0.2) is 0 Å². The van der Waals surface area contributed by atoms with Crippen molar-refractivity contribution < 1.29 is 9.59 Å². The number of rotatable bonds is 5. The van der Waals surface area contributed by atoms with E-state index in [2.05, 4.69) is 31.3 Å². The molecular formula is C23H26N2O2S. The van der Waals surface area contributed by atoms with Crippen molar-refractivity contribution >= 4 is 23.6 Å². The number of carbonyl (C=O) groups is 2. The summed E-state index contributed by atoms with van der Waals surface area (Å²) in [6.07, 6.45) is 1.79. The lowest BCUT2D eigenvalue weighted by Gasteiger charge is -2.30. The van der Waals surface area contributed by atoms with Crippen molar-refractivity contribution in [2.75, 3.05) is 0 Å². The predicted octanol–water partition coefficient (Wildman–Crippen LogP) is 4.17. The highest BCUT2D eigenvalue weighted by Gasteiger charge is 2.57. The van der Waals surface area contributed by atoms with Gasteiger partial charge in [0.15, 0.2) is 0 Å². The highest BCUT2D eigenvalue weighted by atomic mass is 32.2. The van der Waals surface area contributed by atoms with E-state index in [9.17, 15) is 9.59 Å². The van der Waals surface area contributed by atoms with Gasteiger partial charge in [0, 0.05) is 16.4 Å². The monoisotopic (exact) mass is 394 g/mol. The molecule has 4 nitrogen and oxygen atoms in total.